The van der Waals surface area contributed by atoms with E-state index in [9.17, 15) is 14.7 Å². The summed E-state index contributed by atoms with van der Waals surface area (Å²) in [7, 11) is 1.29. The van der Waals surface area contributed by atoms with E-state index in [1.165, 1.54) is 7.11 Å². The van der Waals surface area contributed by atoms with Crippen molar-refractivity contribution in [2.45, 2.75) is 51.2 Å². The Bertz CT molecular complexity index is 620. The molecule has 2 rings (SSSR count). The molecule has 6 nitrogen and oxygen atoms in total. The molecule has 23 heavy (non-hydrogen) atoms. The molecule has 126 valence electrons. The van der Waals surface area contributed by atoms with Gasteiger partial charge in [0.25, 0.3) is 0 Å². The molecule has 1 aliphatic carbocycles. The highest BCUT2D eigenvalue weighted by atomic mass is 16.6. The molecular formula is C17H23NO5. The van der Waals surface area contributed by atoms with Gasteiger partial charge in [-0.2, -0.15) is 0 Å². The van der Waals surface area contributed by atoms with Crippen LogP contribution >= 0.6 is 0 Å². The van der Waals surface area contributed by atoms with Crippen molar-refractivity contribution in [1.29, 1.82) is 0 Å². The number of phenols is 1. The molecule has 1 aromatic rings. The first kappa shape index (κ1) is 17.1. The Kier molecular flexibility index (Phi) is 4.54. The van der Waals surface area contributed by atoms with E-state index in [-0.39, 0.29) is 12.2 Å². The van der Waals surface area contributed by atoms with Crippen molar-refractivity contribution >= 4 is 12.1 Å². The zero-order chi connectivity index (χ0) is 17.3. The van der Waals surface area contributed by atoms with Crippen LogP contribution in [0.4, 0.5) is 4.79 Å². The van der Waals surface area contributed by atoms with E-state index in [0.717, 1.165) is 11.1 Å². The number of carbonyl (C=O) groups excluding carboxylic acids is 2. The van der Waals surface area contributed by atoms with Crippen LogP contribution in [-0.4, -0.2) is 35.4 Å². The number of rotatable bonds is 2. The zero-order valence-corrected chi connectivity index (χ0v) is 13.9. The average molecular weight is 321 g/mol. The van der Waals surface area contributed by atoms with Gasteiger partial charge >= 0.3 is 12.1 Å². The number of amides is 1. The number of alkyl carbamates (subject to hydrolysis) is 1. The van der Waals surface area contributed by atoms with E-state index >= 15 is 0 Å². The lowest BCUT2D eigenvalue weighted by Crippen LogP contribution is -2.59. The first-order valence-corrected chi connectivity index (χ1v) is 7.55. The number of nitrogens with one attached hydrogen (secondary N) is 1. The number of carbonyl (C=O) groups is 2. The van der Waals surface area contributed by atoms with Crippen molar-refractivity contribution in [1.82, 2.24) is 5.32 Å². The molecule has 0 bridgehead atoms. The van der Waals surface area contributed by atoms with Gasteiger partial charge < -0.3 is 19.9 Å². The molecule has 0 heterocycles. The Balaban J connectivity index is 2.28. The van der Waals surface area contributed by atoms with Crippen LogP contribution in [0, 0.1) is 0 Å². The van der Waals surface area contributed by atoms with Gasteiger partial charge in [-0.25, -0.2) is 9.59 Å². The minimum atomic E-state index is -1.18. The fraction of sp³-hybridized carbons (Fsp3) is 0.529. The second-order valence-corrected chi connectivity index (χ2v) is 6.83. The first-order valence-electron chi connectivity index (χ1n) is 7.55. The highest BCUT2D eigenvalue weighted by Gasteiger charge is 2.44. The van der Waals surface area contributed by atoms with E-state index < -0.39 is 23.2 Å². The number of fused-ring (bicyclic) bond motifs is 1. The molecule has 0 spiro atoms. The molecule has 0 saturated heterocycles. The Morgan fingerprint density at radius 2 is 1.96 bits per heavy atom. The molecule has 0 radical (unpaired) electrons. The predicted octanol–water partition coefficient (Wildman–Crippen LogP) is 2.32. The minimum Gasteiger partial charge on any atom is -0.508 e. The van der Waals surface area contributed by atoms with Crippen molar-refractivity contribution < 1.29 is 24.2 Å². The van der Waals surface area contributed by atoms with Crippen LogP contribution in [0.15, 0.2) is 18.2 Å². The van der Waals surface area contributed by atoms with Gasteiger partial charge in [-0.1, -0.05) is 6.07 Å². The number of phenolic OH excluding ortho intramolecular Hbond substituents is 1. The summed E-state index contributed by atoms with van der Waals surface area (Å²) >= 11 is 0. The second kappa shape index (κ2) is 6.10. The molecule has 0 aliphatic heterocycles. The van der Waals surface area contributed by atoms with Gasteiger partial charge in [-0.15, -0.1) is 0 Å². The number of aryl methyl sites for hydroxylation is 1. The van der Waals surface area contributed by atoms with Crippen LogP contribution in [0.3, 0.4) is 0 Å². The fourth-order valence-corrected chi connectivity index (χ4v) is 2.81. The molecule has 6 heteroatoms. The smallest absolute Gasteiger partial charge is 0.408 e. The number of benzene rings is 1. The van der Waals surface area contributed by atoms with E-state index in [4.69, 9.17) is 9.47 Å². The van der Waals surface area contributed by atoms with Crippen molar-refractivity contribution in [3.63, 3.8) is 0 Å². The highest BCUT2D eigenvalue weighted by molar-refractivity contribution is 5.86. The third-order valence-corrected chi connectivity index (χ3v) is 3.82. The van der Waals surface area contributed by atoms with Crippen LogP contribution in [0.2, 0.25) is 0 Å². The van der Waals surface area contributed by atoms with Gasteiger partial charge in [0.05, 0.1) is 7.11 Å². The maximum Gasteiger partial charge on any atom is 0.408 e. The average Bonchev–Trinajstić information content (AvgIpc) is 2.43. The lowest BCUT2D eigenvalue weighted by atomic mass is 9.78. The first-order chi connectivity index (χ1) is 10.6. The Hall–Kier alpha value is -2.24. The van der Waals surface area contributed by atoms with Gasteiger partial charge in [-0.3, -0.25) is 0 Å². The number of aromatic hydroxyl groups is 1. The minimum absolute atomic E-state index is 0.127. The van der Waals surface area contributed by atoms with Crippen LogP contribution in [-0.2, 0) is 27.1 Å². The number of esters is 1. The maximum atomic E-state index is 12.3. The summed E-state index contributed by atoms with van der Waals surface area (Å²) < 4.78 is 10.2. The van der Waals surface area contributed by atoms with Crippen LogP contribution in [0.25, 0.3) is 0 Å². The van der Waals surface area contributed by atoms with E-state index in [0.29, 0.717) is 12.8 Å². The van der Waals surface area contributed by atoms with E-state index in [1.807, 2.05) is 6.07 Å². The van der Waals surface area contributed by atoms with Crippen molar-refractivity contribution in [2.75, 3.05) is 7.11 Å². The normalized spacial score (nSPS) is 20.3. The summed E-state index contributed by atoms with van der Waals surface area (Å²) in [6.45, 7) is 5.27. The molecule has 1 unspecified atom stereocenters. The largest absolute Gasteiger partial charge is 0.508 e. The molecule has 0 aromatic heterocycles. The van der Waals surface area contributed by atoms with E-state index in [2.05, 4.69) is 5.32 Å². The standard InChI is InChI=1S/C17H23NO5/c1-16(2,3)23-15(21)18-17(14(20)22-4)8-7-11-5-6-13(19)9-12(11)10-17/h5-6,9,19H,7-8,10H2,1-4H3,(H,18,21). The molecular weight excluding hydrogens is 298 g/mol. The molecule has 2 N–H and O–H groups in total. The van der Waals surface area contributed by atoms with Crippen molar-refractivity contribution in [3.05, 3.63) is 29.3 Å². The number of hydrogen-bond acceptors (Lipinski definition) is 5. The summed E-state index contributed by atoms with van der Waals surface area (Å²) in [4.78, 5) is 24.5. The highest BCUT2D eigenvalue weighted by Crippen LogP contribution is 2.32. The summed E-state index contributed by atoms with van der Waals surface area (Å²) in [5, 5.41) is 12.3. The fourth-order valence-electron chi connectivity index (χ4n) is 2.81. The van der Waals surface area contributed by atoms with Gasteiger partial charge in [0, 0.05) is 6.42 Å². The summed E-state index contributed by atoms with van der Waals surface area (Å²) in [6, 6.07) is 5.06. The third-order valence-electron chi connectivity index (χ3n) is 3.82. The topological polar surface area (TPSA) is 84.9 Å². The SMILES string of the molecule is COC(=O)C1(NC(=O)OC(C)(C)C)CCc2ccc(O)cc2C1. The van der Waals surface area contributed by atoms with Gasteiger partial charge in [0.1, 0.15) is 16.9 Å². The summed E-state index contributed by atoms with van der Waals surface area (Å²) in [5.41, 5.74) is 0.0235. The molecule has 1 atom stereocenters. The molecule has 0 fully saturated rings. The lowest BCUT2D eigenvalue weighted by molar-refractivity contribution is -0.149. The quantitative estimate of drug-likeness (QED) is 0.817. The predicted molar refractivity (Wildman–Crippen MR) is 84.2 cm³/mol. The Morgan fingerprint density at radius 3 is 2.57 bits per heavy atom. The van der Waals surface area contributed by atoms with Crippen LogP contribution in [0.5, 0.6) is 5.75 Å². The monoisotopic (exact) mass is 321 g/mol. The summed E-state index contributed by atoms with van der Waals surface area (Å²) in [5.74, 6) is -0.390. The zero-order valence-electron chi connectivity index (χ0n) is 13.9. The summed E-state index contributed by atoms with van der Waals surface area (Å²) in [6.07, 6.45) is 0.603. The van der Waals surface area contributed by atoms with Crippen LogP contribution < -0.4 is 5.32 Å². The molecule has 1 aromatic carbocycles. The maximum absolute atomic E-state index is 12.3. The van der Waals surface area contributed by atoms with Crippen LogP contribution in [0.1, 0.15) is 38.3 Å². The van der Waals surface area contributed by atoms with Gasteiger partial charge in [0.15, 0.2) is 0 Å². The second-order valence-electron chi connectivity index (χ2n) is 6.83. The number of hydrogen-bond donors (Lipinski definition) is 2. The third kappa shape index (κ3) is 3.94. The Morgan fingerprint density at radius 1 is 1.26 bits per heavy atom. The lowest BCUT2D eigenvalue weighted by Gasteiger charge is -2.36. The number of methoxy groups -OCH3 is 1. The van der Waals surface area contributed by atoms with Gasteiger partial charge in [0.2, 0.25) is 0 Å². The van der Waals surface area contributed by atoms with Crippen molar-refractivity contribution in [3.8, 4) is 5.75 Å². The molecule has 1 aliphatic rings. The van der Waals surface area contributed by atoms with E-state index in [1.54, 1.807) is 32.9 Å². The van der Waals surface area contributed by atoms with Gasteiger partial charge in [-0.05, 0) is 56.9 Å². The molecule has 0 saturated carbocycles. The number of ether oxygens (including phenoxy) is 2. The Labute approximate surface area is 135 Å². The van der Waals surface area contributed by atoms with Crippen molar-refractivity contribution in [2.24, 2.45) is 0 Å². The molecule has 1 amide bonds.